The first-order chi connectivity index (χ1) is 8.65. The van der Waals surface area contributed by atoms with Crippen LogP contribution in [0.15, 0.2) is 45.9 Å². The van der Waals surface area contributed by atoms with Gasteiger partial charge in [-0.25, -0.2) is 5.43 Å². The highest BCUT2D eigenvalue weighted by Gasteiger charge is 2.07. The lowest BCUT2D eigenvalue weighted by atomic mass is 10.2. The summed E-state index contributed by atoms with van der Waals surface area (Å²) in [6, 6.07) is 11.1. The number of benzene rings is 1. The molecule has 0 spiro atoms. The van der Waals surface area contributed by atoms with Crippen LogP contribution in [0.3, 0.4) is 0 Å². The molecule has 92 valence electrons. The average molecular weight is 354 g/mol. The first-order valence-electron chi connectivity index (χ1n) is 5.30. The summed E-state index contributed by atoms with van der Waals surface area (Å²) in [6.45, 7) is 1.78. The molecule has 0 saturated carbocycles. The molecule has 2 rings (SSSR count). The van der Waals surface area contributed by atoms with Crippen LogP contribution in [0, 0.1) is 10.5 Å². The van der Waals surface area contributed by atoms with Gasteiger partial charge >= 0.3 is 5.91 Å². The maximum absolute atomic E-state index is 11.6. The van der Waals surface area contributed by atoms with Crippen molar-refractivity contribution in [1.82, 2.24) is 5.43 Å². The Morgan fingerprint density at radius 2 is 2.22 bits per heavy atom. The van der Waals surface area contributed by atoms with Crippen molar-refractivity contribution in [1.29, 1.82) is 0 Å². The molecule has 1 heterocycles. The second kappa shape index (κ2) is 5.81. The highest BCUT2D eigenvalue weighted by Crippen LogP contribution is 2.06. The number of amides is 1. The number of furan rings is 1. The van der Waals surface area contributed by atoms with Gasteiger partial charge in [-0.1, -0.05) is 12.1 Å². The van der Waals surface area contributed by atoms with Gasteiger partial charge in [-0.3, -0.25) is 4.79 Å². The molecule has 1 amide bonds. The molecule has 0 aliphatic carbocycles. The van der Waals surface area contributed by atoms with E-state index in [0.29, 0.717) is 5.76 Å². The van der Waals surface area contributed by atoms with Crippen LogP contribution in [0.1, 0.15) is 21.9 Å². The molecule has 0 aliphatic rings. The molecule has 1 aromatic heterocycles. The number of carbonyl (C=O) groups is 1. The third-order valence-corrected chi connectivity index (χ3v) is 2.86. The summed E-state index contributed by atoms with van der Waals surface area (Å²) in [5.74, 6) is 0.596. The number of aryl methyl sites for hydroxylation is 1. The number of carbonyl (C=O) groups excluding carboxylic acids is 1. The van der Waals surface area contributed by atoms with Crippen molar-refractivity contribution in [3.05, 3.63) is 57.1 Å². The number of nitrogens with one attached hydrogen (secondary N) is 1. The number of rotatable bonds is 3. The molecule has 0 saturated heterocycles. The largest absolute Gasteiger partial charge is 0.456 e. The van der Waals surface area contributed by atoms with E-state index in [1.807, 2.05) is 24.3 Å². The maximum atomic E-state index is 11.6. The first-order valence-corrected chi connectivity index (χ1v) is 6.38. The molecular weight excluding hydrogens is 343 g/mol. The van der Waals surface area contributed by atoms with E-state index in [9.17, 15) is 4.79 Å². The van der Waals surface area contributed by atoms with Crippen molar-refractivity contribution < 1.29 is 9.21 Å². The number of hydrogen-bond donors (Lipinski definition) is 1. The quantitative estimate of drug-likeness (QED) is 0.524. The fourth-order valence-corrected chi connectivity index (χ4v) is 1.93. The van der Waals surface area contributed by atoms with Crippen LogP contribution < -0.4 is 5.43 Å². The second-order valence-electron chi connectivity index (χ2n) is 3.66. The minimum Gasteiger partial charge on any atom is -0.456 e. The summed E-state index contributed by atoms with van der Waals surface area (Å²) >= 11 is 2.22. The summed E-state index contributed by atoms with van der Waals surface area (Å²) in [5, 5.41) is 3.88. The van der Waals surface area contributed by atoms with Gasteiger partial charge in [0, 0.05) is 3.57 Å². The van der Waals surface area contributed by atoms with Gasteiger partial charge in [0.25, 0.3) is 0 Å². The number of hydrogen-bond acceptors (Lipinski definition) is 3. The van der Waals surface area contributed by atoms with Gasteiger partial charge in [0.1, 0.15) is 5.76 Å². The van der Waals surface area contributed by atoms with E-state index in [0.717, 1.165) is 9.13 Å². The summed E-state index contributed by atoms with van der Waals surface area (Å²) in [6.07, 6.45) is 1.59. The predicted molar refractivity (Wildman–Crippen MR) is 77.7 cm³/mol. The standard InChI is InChI=1S/C13H11IN2O2/c1-9-5-6-12(18-9)13(17)16-15-8-10-3-2-4-11(14)7-10/h2-8H,1H3,(H,16,17)/b15-8+. The Kier molecular flexibility index (Phi) is 4.14. The highest BCUT2D eigenvalue weighted by molar-refractivity contribution is 14.1. The van der Waals surface area contributed by atoms with Crippen LogP contribution in [-0.2, 0) is 0 Å². The maximum Gasteiger partial charge on any atom is 0.307 e. The Bertz CT molecular complexity index is 590. The Morgan fingerprint density at radius 3 is 2.89 bits per heavy atom. The molecule has 1 aromatic carbocycles. The fourth-order valence-electron chi connectivity index (χ4n) is 1.36. The smallest absolute Gasteiger partial charge is 0.307 e. The Labute approximate surface area is 118 Å². The molecule has 4 nitrogen and oxygen atoms in total. The van der Waals surface area contributed by atoms with Gasteiger partial charge in [0.05, 0.1) is 6.21 Å². The molecule has 18 heavy (non-hydrogen) atoms. The van der Waals surface area contributed by atoms with Gasteiger partial charge in [-0.05, 0) is 59.3 Å². The lowest BCUT2D eigenvalue weighted by Crippen LogP contribution is -2.16. The minimum absolute atomic E-state index is 0.257. The SMILES string of the molecule is Cc1ccc(C(=O)N/N=C/c2cccc(I)c2)o1. The van der Waals surface area contributed by atoms with Crippen LogP contribution in [-0.4, -0.2) is 12.1 Å². The molecule has 0 radical (unpaired) electrons. The van der Waals surface area contributed by atoms with Crippen molar-refractivity contribution in [2.75, 3.05) is 0 Å². The summed E-state index contributed by atoms with van der Waals surface area (Å²) in [7, 11) is 0. The molecule has 0 aliphatic heterocycles. The molecule has 0 atom stereocenters. The zero-order valence-electron chi connectivity index (χ0n) is 9.68. The third kappa shape index (κ3) is 3.43. The van der Waals surface area contributed by atoms with Gasteiger partial charge in [0.2, 0.25) is 0 Å². The normalized spacial score (nSPS) is 10.8. The molecule has 1 N–H and O–H groups in total. The van der Waals surface area contributed by atoms with E-state index < -0.39 is 0 Å². The van der Waals surface area contributed by atoms with E-state index in [-0.39, 0.29) is 11.7 Å². The van der Waals surface area contributed by atoms with E-state index >= 15 is 0 Å². The van der Waals surface area contributed by atoms with Crippen molar-refractivity contribution in [2.45, 2.75) is 6.92 Å². The van der Waals surface area contributed by atoms with Crippen molar-refractivity contribution in [2.24, 2.45) is 5.10 Å². The predicted octanol–water partition coefficient (Wildman–Crippen LogP) is 2.96. The molecule has 0 bridgehead atoms. The second-order valence-corrected chi connectivity index (χ2v) is 4.91. The van der Waals surface area contributed by atoms with E-state index in [1.165, 1.54) is 0 Å². The molecular formula is C13H11IN2O2. The molecule has 2 aromatic rings. The van der Waals surface area contributed by atoms with Gasteiger partial charge in [-0.15, -0.1) is 0 Å². The average Bonchev–Trinajstić information content (AvgIpc) is 2.76. The van der Waals surface area contributed by atoms with Crippen molar-refractivity contribution in [3.8, 4) is 0 Å². The van der Waals surface area contributed by atoms with Crippen LogP contribution in [0.4, 0.5) is 0 Å². The van der Waals surface area contributed by atoms with Crippen LogP contribution in [0.2, 0.25) is 0 Å². The van der Waals surface area contributed by atoms with Gasteiger partial charge < -0.3 is 4.42 Å². The highest BCUT2D eigenvalue weighted by atomic mass is 127. The zero-order valence-corrected chi connectivity index (χ0v) is 11.8. The van der Waals surface area contributed by atoms with Gasteiger partial charge in [-0.2, -0.15) is 5.10 Å². The summed E-state index contributed by atoms with van der Waals surface area (Å²) in [4.78, 5) is 11.6. The van der Waals surface area contributed by atoms with E-state index in [4.69, 9.17) is 4.42 Å². The molecule has 0 fully saturated rings. The zero-order chi connectivity index (χ0) is 13.0. The molecule has 0 unspecified atom stereocenters. The third-order valence-electron chi connectivity index (χ3n) is 2.19. The first kappa shape index (κ1) is 12.8. The topological polar surface area (TPSA) is 54.6 Å². The lowest BCUT2D eigenvalue weighted by molar-refractivity contribution is 0.0926. The van der Waals surface area contributed by atoms with E-state index in [1.54, 1.807) is 25.3 Å². The van der Waals surface area contributed by atoms with Crippen LogP contribution in [0.25, 0.3) is 0 Å². The number of halogens is 1. The van der Waals surface area contributed by atoms with E-state index in [2.05, 4.69) is 33.1 Å². The Hall–Kier alpha value is -1.63. The Balaban J connectivity index is 1.97. The molecule has 5 heteroatoms. The fraction of sp³-hybridized carbons (Fsp3) is 0.0769. The van der Waals surface area contributed by atoms with Crippen molar-refractivity contribution >= 4 is 34.7 Å². The Morgan fingerprint density at radius 1 is 1.39 bits per heavy atom. The minimum atomic E-state index is -0.357. The monoisotopic (exact) mass is 354 g/mol. The summed E-state index contributed by atoms with van der Waals surface area (Å²) < 4.78 is 6.30. The van der Waals surface area contributed by atoms with Gasteiger partial charge in [0.15, 0.2) is 5.76 Å². The summed E-state index contributed by atoms with van der Waals surface area (Å²) in [5.41, 5.74) is 3.34. The van der Waals surface area contributed by atoms with Crippen LogP contribution in [0.5, 0.6) is 0 Å². The lowest BCUT2D eigenvalue weighted by Gasteiger charge is -1.96. The number of nitrogens with zero attached hydrogens (tertiary/aromatic N) is 1. The van der Waals surface area contributed by atoms with Crippen molar-refractivity contribution in [3.63, 3.8) is 0 Å². The number of hydrazone groups is 1. The van der Waals surface area contributed by atoms with Crippen LogP contribution >= 0.6 is 22.6 Å².